The first-order chi connectivity index (χ1) is 9.75. The molecule has 1 aliphatic rings. The number of carbonyl (C=O) groups excluding carboxylic acids is 1. The van der Waals surface area contributed by atoms with E-state index in [0.29, 0.717) is 17.6 Å². The third kappa shape index (κ3) is 3.09. The molecule has 0 bridgehead atoms. The van der Waals surface area contributed by atoms with Crippen molar-refractivity contribution in [3.8, 4) is 0 Å². The minimum absolute atomic E-state index is 0.218. The molecule has 0 saturated heterocycles. The second-order valence-corrected chi connectivity index (χ2v) is 5.44. The summed E-state index contributed by atoms with van der Waals surface area (Å²) < 4.78 is 39.1. The van der Waals surface area contributed by atoms with E-state index in [0.717, 1.165) is 25.1 Å². The van der Waals surface area contributed by atoms with Gasteiger partial charge in [0, 0.05) is 19.8 Å². The van der Waals surface area contributed by atoms with Crippen molar-refractivity contribution < 1.29 is 22.7 Å². The van der Waals surface area contributed by atoms with E-state index in [9.17, 15) is 23.2 Å². The number of nitrogens with zero attached hydrogens (tertiary/aromatic N) is 1. The molecule has 0 amide bonds. The molecular weight excluding hydrogens is 283 g/mol. The number of alkyl halides is 3. The first-order valence-electron chi connectivity index (χ1n) is 6.76. The molecule has 0 aliphatic heterocycles. The van der Waals surface area contributed by atoms with Crippen LogP contribution in [0.1, 0.15) is 43.7 Å². The fourth-order valence-corrected chi connectivity index (χ4v) is 2.53. The fourth-order valence-electron chi connectivity index (χ4n) is 2.53. The van der Waals surface area contributed by atoms with Crippen molar-refractivity contribution in [2.24, 2.45) is 0 Å². The Hall–Kier alpha value is -1.85. The van der Waals surface area contributed by atoms with Crippen LogP contribution in [0.4, 0.5) is 13.2 Å². The Balaban J connectivity index is 2.42. The Kier molecular flexibility index (Phi) is 4.07. The summed E-state index contributed by atoms with van der Waals surface area (Å²) in [6.45, 7) is 1.49. The number of rotatable bonds is 2. The van der Waals surface area contributed by atoms with Gasteiger partial charge in [0.2, 0.25) is 11.3 Å². The molecule has 1 saturated carbocycles. The van der Waals surface area contributed by atoms with Crippen LogP contribution in [0.3, 0.4) is 0 Å². The number of carbonyl (C=O) groups is 1. The van der Waals surface area contributed by atoms with Crippen LogP contribution in [0.5, 0.6) is 0 Å². The highest BCUT2D eigenvalue weighted by Gasteiger charge is 2.43. The average molecular weight is 299 g/mol. The van der Waals surface area contributed by atoms with E-state index in [-0.39, 0.29) is 11.3 Å². The summed E-state index contributed by atoms with van der Waals surface area (Å²) in [5.74, 6) is -0.218. The Morgan fingerprint density at radius 2 is 1.95 bits per heavy atom. The minimum Gasteiger partial charge on any atom is -0.623 e. The standard InChI is InChI=1S/C15H16F3NO2/c1-14(9-5-4-8-13(14)20)19(21)10-11-6-2-3-7-12(11)15(16,17)18/h2-3,6-7,10H,4-5,8-9H2,1H3. The fraction of sp³-hybridized carbons (Fsp3) is 0.467. The van der Waals surface area contributed by atoms with Gasteiger partial charge in [-0.2, -0.15) is 17.9 Å². The Morgan fingerprint density at radius 3 is 2.57 bits per heavy atom. The summed E-state index contributed by atoms with van der Waals surface area (Å²) in [6, 6.07) is 4.85. The van der Waals surface area contributed by atoms with Gasteiger partial charge < -0.3 is 5.21 Å². The lowest BCUT2D eigenvalue weighted by Gasteiger charge is -2.30. The van der Waals surface area contributed by atoms with Crippen LogP contribution in [0.25, 0.3) is 0 Å². The zero-order chi connectivity index (χ0) is 15.7. The van der Waals surface area contributed by atoms with Gasteiger partial charge in [0.15, 0.2) is 6.21 Å². The van der Waals surface area contributed by atoms with Crippen molar-refractivity contribution in [3.05, 3.63) is 40.6 Å². The van der Waals surface area contributed by atoms with Crippen molar-refractivity contribution in [1.82, 2.24) is 0 Å². The van der Waals surface area contributed by atoms with Crippen molar-refractivity contribution >= 4 is 12.0 Å². The van der Waals surface area contributed by atoms with Crippen LogP contribution in [-0.2, 0) is 11.0 Å². The Labute approximate surface area is 120 Å². The molecule has 1 aromatic rings. The zero-order valence-electron chi connectivity index (χ0n) is 11.6. The predicted octanol–water partition coefficient (Wildman–Crippen LogP) is 3.54. The lowest BCUT2D eigenvalue weighted by molar-refractivity contribution is -0.525. The number of hydrogen-bond acceptors (Lipinski definition) is 2. The van der Waals surface area contributed by atoms with E-state index < -0.39 is 17.3 Å². The lowest BCUT2D eigenvalue weighted by atomic mass is 9.82. The van der Waals surface area contributed by atoms with Crippen molar-refractivity contribution in [3.63, 3.8) is 0 Å². The maximum absolute atomic E-state index is 12.9. The summed E-state index contributed by atoms with van der Waals surface area (Å²) >= 11 is 0. The van der Waals surface area contributed by atoms with Gasteiger partial charge in [-0.15, -0.1) is 0 Å². The van der Waals surface area contributed by atoms with E-state index in [4.69, 9.17) is 0 Å². The number of benzene rings is 1. The monoisotopic (exact) mass is 299 g/mol. The molecule has 114 valence electrons. The molecule has 0 N–H and O–H groups in total. The van der Waals surface area contributed by atoms with E-state index in [2.05, 4.69) is 0 Å². The number of ketones is 1. The van der Waals surface area contributed by atoms with Gasteiger partial charge in [-0.25, -0.2) is 0 Å². The van der Waals surface area contributed by atoms with E-state index in [1.54, 1.807) is 0 Å². The van der Waals surface area contributed by atoms with Crippen molar-refractivity contribution in [1.29, 1.82) is 0 Å². The highest BCUT2D eigenvalue weighted by Crippen LogP contribution is 2.32. The number of Topliss-reactive ketones (excluding diaryl/α,β-unsaturated/α-hetero) is 1. The first kappa shape index (κ1) is 15.5. The van der Waals surface area contributed by atoms with Gasteiger partial charge in [-0.05, 0) is 25.0 Å². The average Bonchev–Trinajstić information content (AvgIpc) is 2.41. The summed E-state index contributed by atoms with van der Waals surface area (Å²) in [7, 11) is 0. The molecular formula is C15H16F3NO2. The Morgan fingerprint density at radius 1 is 1.29 bits per heavy atom. The molecule has 1 atom stereocenters. The van der Waals surface area contributed by atoms with Crippen LogP contribution in [0, 0.1) is 5.21 Å². The van der Waals surface area contributed by atoms with Crippen LogP contribution in [0.15, 0.2) is 24.3 Å². The highest BCUT2D eigenvalue weighted by atomic mass is 19.4. The van der Waals surface area contributed by atoms with E-state index in [1.807, 2.05) is 0 Å². The van der Waals surface area contributed by atoms with Gasteiger partial charge >= 0.3 is 6.18 Å². The molecule has 1 fully saturated rings. The summed E-state index contributed by atoms with van der Waals surface area (Å²) in [5.41, 5.74) is -2.37. The molecule has 0 heterocycles. The molecule has 0 aromatic heterocycles. The minimum atomic E-state index is -4.54. The number of hydrogen-bond donors (Lipinski definition) is 0. The summed E-state index contributed by atoms with van der Waals surface area (Å²) in [5, 5.41) is 12.3. The molecule has 21 heavy (non-hydrogen) atoms. The normalized spacial score (nSPS) is 24.2. The van der Waals surface area contributed by atoms with Crippen LogP contribution < -0.4 is 0 Å². The van der Waals surface area contributed by atoms with Gasteiger partial charge in [-0.3, -0.25) is 4.79 Å². The van der Waals surface area contributed by atoms with Crippen molar-refractivity contribution in [2.45, 2.75) is 44.3 Å². The van der Waals surface area contributed by atoms with Crippen LogP contribution >= 0.6 is 0 Å². The molecule has 1 aliphatic carbocycles. The zero-order valence-corrected chi connectivity index (χ0v) is 11.6. The second-order valence-electron chi connectivity index (χ2n) is 5.44. The number of hydroxylamine groups is 1. The largest absolute Gasteiger partial charge is 0.623 e. The maximum atomic E-state index is 12.9. The second kappa shape index (κ2) is 5.50. The van der Waals surface area contributed by atoms with E-state index >= 15 is 0 Å². The van der Waals surface area contributed by atoms with Crippen LogP contribution in [-0.4, -0.2) is 22.3 Å². The molecule has 2 rings (SSSR count). The molecule has 6 heteroatoms. The topological polar surface area (TPSA) is 43.1 Å². The van der Waals surface area contributed by atoms with E-state index in [1.165, 1.54) is 25.1 Å². The molecule has 1 unspecified atom stereocenters. The Bertz CT molecular complexity index is 581. The molecule has 1 aromatic carbocycles. The van der Waals surface area contributed by atoms with Gasteiger partial charge in [0.25, 0.3) is 0 Å². The lowest BCUT2D eigenvalue weighted by Crippen LogP contribution is -2.47. The van der Waals surface area contributed by atoms with Crippen molar-refractivity contribution in [2.75, 3.05) is 0 Å². The molecule has 3 nitrogen and oxygen atoms in total. The van der Waals surface area contributed by atoms with Gasteiger partial charge in [-0.1, -0.05) is 12.1 Å². The summed E-state index contributed by atoms with van der Waals surface area (Å²) in [4.78, 5) is 11.9. The predicted molar refractivity (Wildman–Crippen MR) is 72.1 cm³/mol. The summed E-state index contributed by atoms with van der Waals surface area (Å²) in [6.07, 6.45) is -1.56. The SMILES string of the molecule is CC1([N+]([O-])=Cc2ccccc2C(F)(F)F)CCCCC1=O. The molecule has 0 spiro atoms. The highest BCUT2D eigenvalue weighted by molar-refractivity contribution is 5.88. The third-order valence-electron chi connectivity index (χ3n) is 3.93. The van der Waals surface area contributed by atoms with Crippen LogP contribution in [0.2, 0.25) is 0 Å². The maximum Gasteiger partial charge on any atom is 0.417 e. The van der Waals surface area contributed by atoms with Gasteiger partial charge in [0.05, 0.1) is 11.1 Å². The van der Waals surface area contributed by atoms with Gasteiger partial charge in [0.1, 0.15) is 0 Å². The third-order valence-corrected chi connectivity index (χ3v) is 3.93. The quantitative estimate of drug-likeness (QED) is 0.363. The number of halogens is 3. The smallest absolute Gasteiger partial charge is 0.417 e. The first-order valence-corrected chi connectivity index (χ1v) is 6.76. The molecule has 0 radical (unpaired) electrons.